The molecule has 17 heteroatoms. The van der Waals surface area contributed by atoms with Gasteiger partial charge in [0.15, 0.2) is 46.2 Å². The molecule has 0 saturated heterocycles. The van der Waals surface area contributed by atoms with Crippen molar-refractivity contribution in [2.75, 3.05) is 7.11 Å². The third kappa shape index (κ3) is 10.2. The molecule has 17 nitrogen and oxygen atoms in total. The topological polar surface area (TPSA) is 265 Å². The van der Waals surface area contributed by atoms with Crippen molar-refractivity contribution in [3.63, 3.8) is 0 Å². The second-order valence-corrected chi connectivity index (χ2v) is 11.1. The quantitative estimate of drug-likeness (QED) is 0.0439. The molecule has 0 spiro atoms. The number of carboxylic acid groups (broad SMARTS) is 1. The van der Waals surface area contributed by atoms with Crippen molar-refractivity contribution in [2.24, 2.45) is 0 Å². The maximum atomic E-state index is 12.9. The van der Waals surface area contributed by atoms with Gasteiger partial charge in [-0.15, -0.1) is 0 Å². The first-order valence-corrected chi connectivity index (χ1v) is 15.0. The summed E-state index contributed by atoms with van der Waals surface area (Å²) in [6.07, 6.45) is -0.557. The van der Waals surface area contributed by atoms with Crippen LogP contribution in [0.25, 0.3) is 18.2 Å². The predicted molar refractivity (Wildman–Crippen MR) is 175 cm³/mol. The number of carboxylic acids is 1. The number of carbonyl (C=O) groups excluding carboxylic acids is 3. The van der Waals surface area contributed by atoms with E-state index in [9.17, 15) is 54.9 Å². The predicted octanol–water partition coefficient (Wildman–Crippen LogP) is 2.87. The summed E-state index contributed by atoms with van der Waals surface area (Å²) < 4.78 is 10.4. The van der Waals surface area contributed by atoms with Crippen LogP contribution < -0.4 is 4.74 Å². The van der Waals surface area contributed by atoms with Gasteiger partial charge in [-0.25, -0.2) is 19.2 Å². The van der Waals surface area contributed by atoms with E-state index in [1.54, 1.807) is 0 Å². The Balaban J connectivity index is 1.55. The van der Waals surface area contributed by atoms with Crippen molar-refractivity contribution < 1.29 is 83.9 Å². The van der Waals surface area contributed by atoms with E-state index in [1.807, 2.05) is 0 Å². The number of benzene rings is 3. The van der Waals surface area contributed by atoms with Crippen molar-refractivity contribution in [1.82, 2.24) is 0 Å². The van der Waals surface area contributed by atoms with E-state index in [0.29, 0.717) is 5.56 Å². The highest BCUT2D eigenvalue weighted by Gasteiger charge is 2.54. The lowest BCUT2D eigenvalue weighted by Gasteiger charge is -2.40. The van der Waals surface area contributed by atoms with E-state index < -0.39 is 83.6 Å². The number of esters is 1. The first-order valence-electron chi connectivity index (χ1n) is 15.0. The molecule has 1 aliphatic carbocycles. The van der Waals surface area contributed by atoms with Gasteiger partial charge in [0.05, 0.1) is 7.11 Å². The van der Waals surface area contributed by atoms with Crippen LogP contribution in [-0.2, 0) is 43.5 Å². The van der Waals surface area contributed by atoms with Gasteiger partial charge in [0.2, 0.25) is 0 Å². The Bertz CT molecular complexity index is 1900. The monoisotopic (exact) mass is 724 g/mol. The third-order valence-corrected chi connectivity index (χ3v) is 7.41. The minimum atomic E-state index is -2.64. The maximum Gasteiger partial charge on any atom is 0.365 e. The summed E-state index contributed by atoms with van der Waals surface area (Å²) in [5, 5.41) is 68.9. The van der Waals surface area contributed by atoms with E-state index >= 15 is 0 Å². The lowest BCUT2D eigenvalue weighted by molar-refractivity contribution is -0.381. The molecule has 0 unspecified atom stereocenters. The van der Waals surface area contributed by atoms with E-state index in [0.717, 1.165) is 42.5 Å². The summed E-state index contributed by atoms with van der Waals surface area (Å²) in [7, 11) is 1.32. The van der Waals surface area contributed by atoms with Crippen molar-refractivity contribution in [3.05, 3.63) is 89.5 Å². The summed E-state index contributed by atoms with van der Waals surface area (Å²) in [4.78, 5) is 70.1. The summed E-state index contributed by atoms with van der Waals surface area (Å²) in [6, 6.07) is 11.5. The fourth-order valence-electron chi connectivity index (χ4n) is 4.75. The number of ether oxygens (including phenoxy) is 2. The van der Waals surface area contributed by atoms with Gasteiger partial charge in [-0.1, -0.05) is 18.2 Å². The highest BCUT2D eigenvalue weighted by atomic mass is 17.2. The number of aliphatic carboxylic acids is 1. The van der Waals surface area contributed by atoms with Crippen LogP contribution in [0.4, 0.5) is 0 Å². The Labute approximate surface area is 293 Å². The Morgan fingerprint density at radius 3 is 1.60 bits per heavy atom. The molecule has 1 aliphatic rings. The van der Waals surface area contributed by atoms with Gasteiger partial charge in [0.1, 0.15) is 12.2 Å². The molecule has 3 aromatic rings. The first-order chi connectivity index (χ1) is 24.7. The van der Waals surface area contributed by atoms with Gasteiger partial charge in [-0.2, -0.15) is 9.78 Å². The van der Waals surface area contributed by atoms with Crippen LogP contribution in [0.15, 0.2) is 72.8 Å². The molecule has 0 amide bonds. The molecule has 3 aromatic carbocycles. The number of aromatic hydroxyl groups is 5. The second-order valence-electron chi connectivity index (χ2n) is 11.1. The molecule has 0 radical (unpaired) electrons. The van der Waals surface area contributed by atoms with Gasteiger partial charge in [-0.3, -0.25) is 9.78 Å². The maximum absolute atomic E-state index is 12.9. The van der Waals surface area contributed by atoms with Crippen molar-refractivity contribution >= 4 is 42.1 Å². The van der Waals surface area contributed by atoms with Crippen LogP contribution >= 0.6 is 0 Å². The van der Waals surface area contributed by atoms with Gasteiger partial charge >= 0.3 is 23.9 Å². The third-order valence-electron chi connectivity index (χ3n) is 7.41. The van der Waals surface area contributed by atoms with E-state index in [-0.39, 0.29) is 22.6 Å². The highest BCUT2D eigenvalue weighted by Crippen LogP contribution is 2.35. The Hall–Kier alpha value is -6.56. The number of aliphatic hydroxyl groups is 1. The Morgan fingerprint density at radius 2 is 1.10 bits per heavy atom. The largest absolute Gasteiger partial charge is 0.504 e. The minimum Gasteiger partial charge on any atom is -0.504 e. The minimum absolute atomic E-state index is 0.117. The summed E-state index contributed by atoms with van der Waals surface area (Å²) in [6.45, 7) is 0. The van der Waals surface area contributed by atoms with Gasteiger partial charge in [0.25, 0.3) is 0 Å². The SMILES string of the molecule is COc1cc(/C=C/C(=O)OO[C@H]2[C@@H](OOC(=O)/C=C/c3ccc(O)c(O)c3)C[C@](O)(C(=O)O)C[C@@H]2OC(=O)/C=C/c2ccc(O)c(O)c2)ccc1O. The highest BCUT2D eigenvalue weighted by molar-refractivity contribution is 5.88. The molecule has 0 bridgehead atoms. The van der Waals surface area contributed by atoms with Gasteiger partial charge in [0, 0.05) is 31.1 Å². The summed E-state index contributed by atoms with van der Waals surface area (Å²) >= 11 is 0. The fraction of sp³-hybridized carbons (Fsp3) is 0.200. The van der Waals surface area contributed by atoms with Crippen LogP contribution in [0.2, 0.25) is 0 Å². The van der Waals surface area contributed by atoms with Crippen LogP contribution in [0.1, 0.15) is 29.5 Å². The number of hydrogen-bond donors (Lipinski definition) is 7. The van der Waals surface area contributed by atoms with Gasteiger partial charge in [-0.05, 0) is 71.3 Å². The molecule has 0 heterocycles. The second kappa shape index (κ2) is 16.9. The number of carbonyl (C=O) groups is 4. The zero-order valence-corrected chi connectivity index (χ0v) is 27.0. The average molecular weight is 725 g/mol. The lowest BCUT2D eigenvalue weighted by Crippen LogP contribution is -2.58. The smallest absolute Gasteiger partial charge is 0.365 e. The Kier molecular flexibility index (Phi) is 12.4. The number of phenolic OH excluding ortho intramolecular Hbond substituents is 5. The summed E-state index contributed by atoms with van der Waals surface area (Å²) in [5.74, 6) is -6.98. The number of phenols is 5. The molecule has 1 saturated carbocycles. The first kappa shape index (κ1) is 38.2. The lowest BCUT2D eigenvalue weighted by atomic mass is 9.79. The molecule has 52 heavy (non-hydrogen) atoms. The zero-order valence-electron chi connectivity index (χ0n) is 27.0. The molecule has 0 aromatic heterocycles. The van der Waals surface area contributed by atoms with E-state index in [2.05, 4.69) is 0 Å². The van der Waals surface area contributed by atoms with Gasteiger partial charge < -0.3 is 45.2 Å². The normalized spacial score (nSPS) is 20.2. The van der Waals surface area contributed by atoms with Crippen LogP contribution in [-0.4, -0.2) is 90.6 Å². The number of hydrogen-bond acceptors (Lipinski definition) is 16. The molecule has 1 fully saturated rings. The van der Waals surface area contributed by atoms with Crippen LogP contribution in [0, 0.1) is 0 Å². The summed E-state index contributed by atoms with van der Waals surface area (Å²) in [5.41, 5.74) is -1.73. The molecular weight excluding hydrogens is 692 g/mol. The Morgan fingerprint density at radius 1 is 0.635 bits per heavy atom. The van der Waals surface area contributed by atoms with Crippen molar-refractivity contribution in [1.29, 1.82) is 0 Å². The van der Waals surface area contributed by atoms with Crippen LogP contribution in [0.5, 0.6) is 34.5 Å². The van der Waals surface area contributed by atoms with Crippen molar-refractivity contribution in [2.45, 2.75) is 36.8 Å². The molecular formula is C35H32O17. The van der Waals surface area contributed by atoms with E-state index in [1.165, 1.54) is 55.7 Å². The number of methoxy groups -OCH3 is 1. The molecule has 274 valence electrons. The molecule has 4 atom stereocenters. The average Bonchev–Trinajstić information content (AvgIpc) is 3.10. The zero-order chi connectivity index (χ0) is 38.0. The molecule has 7 N–H and O–H groups in total. The van der Waals surface area contributed by atoms with Crippen molar-refractivity contribution in [3.8, 4) is 34.5 Å². The molecule has 0 aliphatic heterocycles. The van der Waals surface area contributed by atoms with Crippen LogP contribution in [0.3, 0.4) is 0 Å². The number of rotatable bonds is 13. The fourth-order valence-corrected chi connectivity index (χ4v) is 4.75. The molecule has 4 rings (SSSR count). The standard InChI is InChI=1S/C35H32O17/c1-47-27-16-21(4-10-24(27)38)7-13-32(43)51-52-33-28(48-30(41)11-5-19-2-8-22(36)25(39)14-19)17-35(46,34(44)45)18-29(33)49-50-31(42)12-6-20-3-9-23(37)26(40)15-20/h2-16,28-29,33,36-40,46H,17-18H2,1H3,(H,44,45)/b11-5+,12-6+,13-7+/t28-,29-,33+,35-/m0/s1. The van der Waals surface area contributed by atoms with E-state index in [4.69, 9.17) is 29.0 Å².